The number of pyridine rings is 1. The summed E-state index contributed by atoms with van der Waals surface area (Å²) in [7, 11) is 6.97. The quantitative estimate of drug-likeness (QED) is 0.868. The van der Waals surface area contributed by atoms with E-state index < -0.39 is 0 Å². The highest BCUT2D eigenvalue weighted by Gasteiger charge is 2.08. The van der Waals surface area contributed by atoms with Crippen LogP contribution < -0.4 is 21.5 Å². The molecule has 2 heterocycles. The van der Waals surface area contributed by atoms with Gasteiger partial charge in [-0.3, -0.25) is 14.3 Å². The summed E-state index contributed by atoms with van der Waals surface area (Å²) in [5.41, 5.74) is 1.71. The fraction of sp³-hybridized carbons (Fsp3) is 0.357. The molecule has 21 heavy (non-hydrogen) atoms. The molecular weight excluding hydrogens is 270 g/mol. The summed E-state index contributed by atoms with van der Waals surface area (Å²) in [5, 5.41) is 3.19. The van der Waals surface area contributed by atoms with Gasteiger partial charge in [0.05, 0.1) is 23.1 Å². The van der Waals surface area contributed by atoms with Crippen molar-refractivity contribution in [3.8, 4) is 0 Å². The van der Waals surface area contributed by atoms with Gasteiger partial charge in [-0.1, -0.05) is 0 Å². The average molecular weight is 289 g/mol. The van der Waals surface area contributed by atoms with Crippen molar-refractivity contribution in [2.24, 2.45) is 14.1 Å². The predicted octanol–water partition coefficient (Wildman–Crippen LogP) is 0.157. The maximum Gasteiger partial charge on any atom is 0.330 e. The van der Waals surface area contributed by atoms with Crippen LogP contribution in [0.15, 0.2) is 34.2 Å². The summed E-state index contributed by atoms with van der Waals surface area (Å²) in [6.07, 6.45) is 4.98. The first-order chi connectivity index (χ1) is 9.91. The molecule has 0 aromatic carbocycles. The van der Waals surface area contributed by atoms with Crippen LogP contribution in [0.2, 0.25) is 0 Å². The number of hydrogen-bond acceptors (Lipinski definition) is 5. The fourth-order valence-corrected chi connectivity index (χ4v) is 2.11. The lowest BCUT2D eigenvalue weighted by Crippen LogP contribution is -2.38. The molecule has 0 radical (unpaired) electrons. The van der Waals surface area contributed by atoms with E-state index in [0.717, 1.165) is 15.9 Å². The van der Waals surface area contributed by atoms with Crippen molar-refractivity contribution in [1.29, 1.82) is 0 Å². The summed E-state index contributed by atoms with van der Waals surface area (Å²) in [6, 6.07) is 1.89. The third kappa shape index (κ3) is 2.96. The highest BCUT2D eigenvalue weighted by Crippen LogP contribution is 2.22. The first-order valence-corrected chi connectivity index (χ1v) is 6.52. The van der Waals surface area contributed by atoms with E-state index >= 15 is 0 Å². The number of aromatic nitrogens is 3. The lowest BCUT2D eigenvalue weighted by molar-refractivity contribution is 0.671. The lowest BCUT2D eigenvalue weighted by Gasteiger charge is -2.18. The van der Waals surface area contributed by atoms with Crippen LogP contribution in [0.1, 0.15) is 5.56 Å². The molecule has 0 aliphatic heterocycles. The van der Waals surface area contributed by atoms with Gasteiger partial charge in [0.1, 0.15) is 0 Å². The largest absolute Gasteiger partial charge is 0.378 e. The SMILES string of the molecule is CN(C)c1ccncc1NCc1cn(C)c(=O)n(C)c1=O. The Morgan fingerprint density at radius 3 is 2.67 bits per heavy atom. The van der Waals surface area contributed by atoms with E-state index in [2.05, 4.69) is 10.3 Å². The van der Waals surface area contributed by atoms with Crippen molar-refractivity contribution < 1.29 is 0 Å². The molecule has 2 aromatic rings. The zero-order chi connectivity index (χ0) is 15.6. The van der Waals surface area contributed by atoms with Gasteiger partial charge in [-0.15, -0.1) is 0 Å². The molecule has 7 heteroatoms. The van der Waals surface area contributed by atoms with Crippen LogP contribution in [-0.4, -0.2) is 28.2 Å². The number of anilines is 2. The fourth-order valence-electron chi connectivity index (χ4n) is 2.11. The van der Waals surface area contributed by atoms with Gasteiger partial charge in [-0.2, -0.15) is 0 Å². The summed E-state index contributed by atoms with van der Waals surface area (Å²) in [6.45, 7) is 0.327. The van der Waals surface area contributed by atoms with Crippen LogP contribution in [0.5, 0.6) is 0 Å². The van der Waals surface area contributed by atoms with Crippen LogP contribution in [0.4, 0.5) is 11.4 Å². The highest BCUT2D eigenvalue weighted by atomic mass is 16.2. The van der Waals surface area contributed by atoms with Gasteiger partial charge < -0.3 is 14.8 Å². The van der Waals surface area contributed by atoms with Crippen LogP contribution in [0, 0.1) is 0 Å². The molecule has 0 atom stereocenters. The molecule has 0 bridgehead atoms. The Balaban J connectivity index is 2.30. The van der Waals surface area contributed by atoms with E-state index in [4.69, 9.17) is 0 Å². The molecular formula is C14H19N5O2. The second-order valence-electron chi connectivity index (χ2n) is 5.05. The van der Waals surface area contributed by atoms with Crippen LogP contribution >= 0.6 is 0 Å². The standard InChI is InChI=1S/C14H19N5O2/c1-17(2)12-5-6-15-8-11(12)16-7-10-9-18(3)14(21)19(4)13(10)20/h5-6,8-9,16H,7H2,1-4H3. The Hall–Kier alpha value is -2.57. The van der Waals surface area contributed by atoms with Gasteiger partial charge in [0.15, 0.2) is 0 Å². The number of hydrogen-bond donors (Lipinski definition) is 1. The smallest absolute Gasteiger partial charge is 0.330 e. The van der Waals surface area contributed by atoms with Gasteiger partial charge in [0, 0.05) is 47.1 Å². The van der Waals surface area contributed by atoms with Gasteiger partial charge >= 0.3 is 5.69 Å². The normalized spacial score (nSPS) is 10.5. The molecule has 0 unspecified atom stereocenters. The van der Waals surface area contributed by atoms with Crippen molar-refractivity contribution in [2.75, 3.05) is 24.3 Å². The molecule has 0 aliphatic rings. The number of nitrogens with one attached hydrogen (secondary N) is 1. The minimum atomic E-state index is -0.334. The molecule has 7 nitrogen and oxygen atoms in total. The van der Waals surface area contributed by atoms with Crippen molar-refractivity contribution in [2.45, 2.75) is 6.54 Å². The molecule has 112 valence electrons. The van der Waals surface area contributed by atoms with E-state index in [1.165, 1.54) is 11.6 Å². The summed E-state index contributed by atoms with van der Waals surface area (Å²) in [4.78, 5) is 29.8. The molecule has 0 saturated carbocycles. The Bertz CT molecular complexity index is 761. The van der Waals surface area contributed by atoms with Crippen LogP contribution in [-0.2, 0) is 20.6 Å². The van der Waals surface area contributed by atoms with Crippen LogP contribution in [0.25, 0.3) is 0 Å². The lowest BCUT2D eigenvalue weighted by atomic mass is 10.3. The predicted molar refractivity (Wildman–Crippen MR) is 82.8 cm³/mol. The van der Waals surface area contributed by atoms with E-state index in [-0.39, 0.29) is 11.2 Å². The molecule has 1 N–H and O–H groups in total. The minimum absolute atomic E-state index is 0.291. The third-order valence-electron chi connectivity index (χ3n) is 3.27. The van der Waals surface area contributed by atoms with Crippen molar-refractivity contribution >= 4 is 11.4 Å². The van der Waals surface area contributed by atoms with Crippen molar-refractivity contribution in [1.82, 2.24) is 14.1 Å². The second-order valence-corrected chi connectivity index (χ2v) is 5.05. The third-order valence-corrected chi connectivity index (χ3v) is 3.27. The van der Waals surface area contributed by atoms with Gasteiger partial charge in [0.25, 0.3) is 5.56 Å². The van der Waals surface area contributed by atoms with E-state index in [1.807, 2.05) is 25.1 Å². The zero-order valence-corrected chi connectivity index (χ0v) is 12.6. The Labute approximate surface area is 122 Å². The minimum Gasteiger partial charge on any atom is -0.378 e. The first kappa shape index (κ1) is 14.8. The molecule has 0 spiro atoms. The number of nitrogens with zero attached hydrogens (tertiary/aromatic N) is 4. The molecule has 0 saturated heterocycles. The zero-order valence-electron chi connectivity index (χ0n) is 12.6. The van der Waals surface area contributed by atoms with E-state index in [9.17, 15) is 9.59 Å². The maximum atomic E-state index is 12.1. The number of rotatable bonds is 4. The molecule has 2 rings (SSSR count). The van der Waals surface area contributed by atoms with Crippen molar-refractivity contribution in [3.05, 3.63) is 51.1 Å². The molecule has 0 aliphatic carbocycles. The molecule has 0 amide bonds. The van der Waals surface area contributed by atoms with Crippen LogP contribution in [0.3, 0.4) is 0 Å². The second kappa shape index (κ2) is 5.82. The average Bonchev–Trinajstić information content (AvgIpc) is 2.47. The van der Waals surface area contributed by atoms with E-state index in [1.54, 1.807) is 25.6 Å². The Morgan fingerprint density at radius 2 is 2.00 bits per heavy atom. The molecule has 0 fully saturated rings. The molecule has 2 aromatic heterocycles. The number of aryl methyl sites for hydroxylation is 1. The van der Waals surface area contributed by atoms with Gasteiger partial charge in [0.2, 0.25) is 0 Å². The summed E-state index contributed by atoms with van der Waals surface area (Å²) >= 11 is 0. The van der Waals surface area contributed by atoms with E-state index in [0.29, 0.717) is 12.1 Å². The Morgan fingerprint density at radius 1 is 1.29 bits per heavy atom. The maximum absolute atomic E-state index is 12.1. The monoisotopic (exact) mass is 289 g/mol. The van der Waals surface area contributed by atoms with Gasteiger partial charge in [-0.05, 0) is 6.07 Å². The Kier molecular flexibility index (Phi) is 4.11. The van der Waals surface area contributed by atoms with Gasteiger partial charge in [-0.25, -0.2) is 4.79 Å². The first-order valence-electron chi connectivity index (χ1n) is 6.52. The topological polar surface area (TPSA) is 72.2 Å². The summed E-state index contributed by atoms with van der Waals surface area (Å²) in [5.74, 6) is 0. The summed E-state index contributed by atoms with van der Waals surface area (Å²) < 4.78 is 2.50. The van der Waals surface area contributed by atoms with Crippen molar-refractivity contribution in [3.63, 3.8) is 0 Å². The highest BCUT2D eigenvalue weighted by molar-refractivity contribution is 5.68.